The number of carbonyl (C=O) groups is 1. The molecule has 1 amide bonds. The van der Waals surface area contributed by atoms with Gasteiger partial charge < -0.3 is 14.0 Å². The first-order valence-electron chi connectivity index (χ1n) is 7.10. The van der Waals surface area contributed by atoms with Crippen molar-refractivity contribution >= 4 is 17.8 Å². The maximum Gasteiger partial charge on any atom is 0.282 e. The molecule has 0 atom stereocenters. The highest BCUT2D eigenvalue weighted by Crippen LogP contribution is 2.37. The molecular weight excluding hydrogens is 332 g/mol. The second-order valence-corrected chi connectivity index (χ2v) is 4.98. The lowest BCUT2D eigenvalue weighted by Crippen LogP contribution is -2.29. The number of pyridine rings is 1. The first-order valence-corrected chi connectivity index (χ1v) is 7.10. The average Bonchev–Trinajstić information content (AvgIpc) is 3.03. The van der Waals surface area contributed by atoms with Crippen molar-refractivity contribution in [2.24, 2.45) is 5.10 Å². The molecule has 0 saturated carbocycles. The summed E-state index contributed by atoms with van der Waals surface area (Å²) in [5.74, 6) is 0.0819. The number of hydrogen-bond donors (Lipinski definition) is 1. The van der Waals surface area contributed by atoms with Crippen molar-refractivity contribution in [3.8, 4) is 11.5 Å². The summed E-state index contributed by atoms with van der Waals surface area (Å²) in [6, 6.07) is 7.14. The molecule has 128 valence electrons. The van der Waals surface area contributed by atoms with Crippen molar-refractivity contribution in [2.45, 2.75) is 6.54 Å². The molecule has 10 heteroatoms. The number of fused-ring (bicyclic) bond motifs is 1. The molecule has 1 aliphatic heterocycles. The first-order chi connectivity index (χ1) is 12.0. The van der Waals surface area contributed by atoms with Crippen molar-refractivity contribution in [3.63, 3.8) is 0 Å². The number of hydrogen-bond acceptors (Lipinski definition) is 7. The van der Waals surface area contributed by atoms with Gasteiger partial charge in [-0.15, -0.1) is 0 Å². The van der Waals surface area contributed by atoms with E-state index in [0.29, 0.717) is 5.75 Å². The van der Waals surface area contributed by atoms with Crippen LogP contribution in [0.25, 0.3) is 0 Å². The number of rotatable bonds is 5. The monoisotopic (exact) mass is 344 g/mol. The molecular formula is C15H12N4O6. The zero-order valence-corrected chi connectivity index (χ0v) is 12.7. The predicted molar refractivity (Wildman–Crippen MR) is 85.7 cm³/mol. The molecule has 1 aromatic heterocycles. The third kappa shape index (κ3) is 3.63. The van der Waals surface area contributed by atoms with E-state index in [1.165, 1.54) is 29.0 Å². The summed E-state index contributed by atoms with van der Waals surface area (Å²) in [7, 11) is 0. The highest BCUT2D eigenvalue weighted by molar-refractivity contribution is 5.88. The SMILES string of the molecule is O=C(Cn1ccccc1=O)N/N=C\c1cc2c(cc1[N+](=O)[O-])OCO2. The van der Waals surface area contributed by atoms with E-state index in [-0.39, 0.29) is 35.9 Å². The van der Waals surface area contributed by atoms with Gasteiger partial charge in [0.05, 0.1) is 22.8 Å². The van der Waals surface area contributed by atoms with Crippen LogP contribution in [-0.2, 0) is 11.3 Å². The van der Waals surface area contributed by atoms with Gasteiger partial charge >= 0.3 is 0 Å². The molecule has 0 aliphatic carbocycles. The third-order valence-electron chi connectivity index (χ3n) is 3.32. The van der Waals surface area contributed by atoms with Crippen LogP contribution in [0.1, 0.15) is 5.56 Å². The number of aromatic nitrogens is 1. The number of benzene rings is 1. The molecule has 0 fully saturated rings. The van der Waals surface area contributed by atoms with Crippen molar-refractivity contribution in [2.75, 3.05) is 6.79 Å². The van der Waals surface area contributed by atoms with Gasteiger partial charge in [0.25, 0.3) is 17.2 Å². The van der Waals surface area contributed by atoms with E-state index in [1.54, 1.807) is 12.1 Å². The van der Waals surface area contributed by atoms with Crippen LogP contribution < -0.4 is 20.5 Å². The Kier molecular flexibility index (Phi) is 4.42. The van der Waals surface area contributed by atoms with Gasteiger partial charge in [-0.05, 0) is 12.1 Å². The van der Waals surface area contributed by atoms with Crippen molar-refractivity contribution < 1.29 is 19.2 Å². The van der Waals surface area contributed by atoms with Crippen LogP contribution in [0.3, 0.4) is 0 Å². The molecule has 3 rings (SSSR count). The van der Waals surface area contributed by atoms with E-state index >= 15 is 0 Å². The Morgan fingerprint density at radius 2 is 2.12 bits per heavy atom. The number of nitrogens with zero attached hydrogens (tertiary/aromatic N) is 3. The second kappa shape index (κ2) is 6.83. The molecule has 2 heterocycles. The van der Waals surface area contributed by atoms with Crippen LogP contribution in [0.2, 0.25) is 0 Å². The van der Waals surface area contributed by atoms with E-state index in [4.69, 9.17) is 9.47 Å². The molecule has 0 bridgehead atoms. The van der Waals surface area contributed by atoms with E-state index in [2.05, 4.69) is 10.5 Å². The summed E-state index contributed by atoms with van der Waals surface area (Å²) in [6.07, 6.45) is 2.60. The Morgan fingerprint density at radius 1 is 1.36 bits per heavy atom. The molecule has 0 saturated heterocycles. The summed E-state index contributed by atoms with van der Waals surface area (Å²) >= 11 is 0. The topological polar surface area (TPSA) is 125 Å². The molecule has 0 unspecified atom stereocenters. The first kappa shape index (κ1) is 16.2. The molecule has 0 spiro atoms. The number of nitrogens with one attached hydrogen (secondary N) is 1. The minimum atomic E-state index is -0.589. The maximum absolute atomic E-state index is 11.8. The smallest absolute Gasteiger partial charge is 0.282 e. The molecule has 1 N–H and O–H groups in total. The number of amides is 1. The van der Waals surface area contributed by atoms with Gasteiger partial charge in [-0.1, -0.05) is 6.07 Å². The Hall–Kier alpha value is -3.69. The van der Waals surface area contributed by atoms with Gasteiger partial charge in [-0.2, -0.15) is 5.10 Å². The molecule has 1 aromatic carbocycles. The summed E-state index contributed by atoms with van der Waals surface area (Å²) < 4.78 is 11.5. The standard InChI is InChI=1S/C15H12N4O6/c20-14(8-18-4-2-1-3-15(18)21)17-16-7-10-5-12-13(25-9-24-12)6-11(10)19(22)23/h1-7H,8-9H2,(H,17,20)/b16-7-. The van der Waals surface area contributed by atoms with Crippen LogP contribution in [0.4, 0.5) is 5.69 Å². The summed E-state index contributed by atoms with van der Waals surface area (Å²) in [5, 5.41) is 14.8. The zero-order valence-electron chi connectivity index (χ0n) is 12.7. The summed E-state index contributed by atoms with van der Waals surface area (Å²) in [6.45, 7) is -0.240. The molecule has 1 aliphatic rings. The van der Waals surface area contributed by atoms with Gasteiger partial charge in [0.15, 0.2) is 11.5 Å². The lowest BCUT2D eigenvalue weighted by Gasteiger charge is -2.03. The van der Waals surface area contributed by atoms with E-state index < -0.39 is 10.8 Å². The summed E-state index contributed by atoms with van der Waals surface area (Å²) in [4.78, 5) is 33.9. The minimum Gasteiger partial charge on any atom is -0.454 e. The highest BCUT2D eigenvalue weighted by Gasteiger charge is 2.22. The second-order valence-electron chi connectivity index (χ2n) is 4.98. The third-order valence-corrected chi connectivity index (χ3v) is 3.32. The fourth-order valence-electron chi connectivity index (χ4n) is 2.16. The Morgan fingerprint density at radius 3 is 2.84 bits per heavy atom. The van der Waals surface area contributed by atoms with Crippen LogP contribution in [0.5, 0.6) is 11.5 Å². The normalized spacial score (nSPS) is 12.3. The lowest BCUT2D eigenvalue weighted by atomic mass is 10.1. The molecule has 25 heavy (non-hydrogen) atoms. The fourth-order valence-corrected chi connectivity index (χ4v) is 2.16. The lowest BCUT2D eigenvalue weighted by molar-refractivity contribution is -0.385. The zero-order chi connectivity index (χ0) is 17.8. The van der Waals surface area contributed by atoms with Gasteiger partial charge in [-0.25, -0.2) is 5.43 Å². The number of nitro benzene ring substituents is 1. The molecule has 10 nitrogen and oxygen atoms in total. The quantitative estimate of drug-likeness (QED) is 0.482. The van der Waals surface area contributed by atoms with E-state index in [9.17, 15) is 19.7 Å². The predicted octanol–water partition coefficient (Wildman–Crippen LogP) is 0.635. The fraction of sp³-hybridized carbons (Fsp3) is 0.133. The van der Waals surface area contributed by atoms with Crippen molar-refractivity contribution in [3.05, 3.63) is 62.6 Å². The minimum absolute atomic E-state index is 0.0182. The van der Waals surface area contributed by atoms with E-state index in [1.807, 2.05) is 0 Å². The van der Waals surface area contributed by atoms with Crippen LogP contribution in [0.15, 0.2) is 46.4 Å². The molecule has 2 aromatic rings. The van der Waals surface area contributed by atoms with Gasteiger partial charge in [0.2, 0.25) is 6.79 Å². The Labute approximate surface area is 140 Å². The van der Waals surface area contributed by atoms with E-state index in [0.717, 1.165) is 6.21 Å². The number of nitro groups is 1. The Balaban J connectivity index is 1.72. The van der Waals surface area contributed by atoms with Crippen LogP contribution in [-0.4, -0.2) is 28.4 Å². The highest BCUT2D eigenvalue weighted by atomic mass is 16.7. The van der Waals surface area contributed by atoms with Crippen molar-refractivity contribution in [1.82, 2.24) is 9.99 Å². The summed E-state index contributed by atoms with van der Waals surface area (Å²) in [5.41, 5.74) is 1.80. The van der Waals surface area contributed by atoms with Gasteiger partial charge in [0.1, 0.15) is 6.54 Å². The van der Waals surface area contributed by atoms with Crippen LogP contribution in [0, 0.1) is 10.1 Å². The number of ether oxygens (including phenoxy) is 2. The number of carbonyl (C=O) groups excluding carboxylic acids is 1. The number of hydrazone groups is 1. The van der Waals surface area contributed by atoms with Gasteiger partial charge in [-0.3, -0.25) is 19.7 Å². The van der Waals surface area contributed by atoms with Gasteiger partial charge in [0, 0.05) is 12.3 Å². The maximum atomic E-state index is 11.8. The largest absolute Gasteiger partial charge is 0.454 e. The van der Waals surface area contributed by atoms with Crippen molar-refractivity contribution in [1.29, 1.82) is 0 Å². The van der Waals surface area contributed by atoms with Crippen LogP contribution >= 0.6 is 0 Å². The molecule has 0 radical (unpaired) electrons. The Bertz CT molecular complexity index is 920. The average molecular weight is 344 g/mol.